The Hall–Kier alpha value is -1.65. The van der Waals surface area contributed by atoms with E-state index in [0.29, 0.717) is 6.61 Å². The summed E-state index contributed by atoms with van der Waals surface area (Å²) in [6.45, 7) is 2.10. The molecule has 0 aliphatic carbocycles. The van der Waals surface area contributed by atoms with Gasteiger partial charge in [0.25, 0.3) is 0 Å². The lowest BCUT2D eigenvalue weighted by molar-refractivity contribution is -0.114. The minimum atomic E-state index is -0.0476. The highest BCUT2D eigenvalue weighted by molar-refractivity contribution is 7.14. The Balaban J connectivity index is 2.30. The Morgan fingerprint density at radius 1 is 1.39 bits per heavy atom. The van der Waals surface area contributed by atoms with Gasteiger partial charge >= 0.3 is 0 Å². The predicted octanol–water partition coefficient (Wildman–Crippen LogP) is 3.52. The van der Waals surface area contributed by atoms with Crippen LogP contribution in [0.3, 0.4) is 0 Å². The Morgan fingerprint density at radius 3 is 2.89 bits per heavy atom. The minimum Gasteiger partial charge on any atom is -0.380 e. The highest BCUT2D eigenvalue weighted by Crippen LogP contribution is 2.31. The van der Waals surface area contributed by atoms with Crippen LogP contribution in [-0.4, -0.2) is 13.0 Å². The second-order valence-corrected chi connectivity index (χ2v) is 4.88. The molecule has 2 aromatic rings. The minimum absolute atomic E-state index is 0.0476. The standard InChI is InChI=1S/C14H15NO2S/c1-10(16)15-14-7-12(9-18-14)13-6-4-3-5-11(13)8-17-2/h3-7,9H,8H2,1-2H3,(H,15,16). The highest BCUT2D eigenvalue weighted by atomic mass is 32.1. The van der Waals surface area contributed by atoms with Crippen LogP contribution in [0.5, 0.6) is 0 Å². The number of amides is 1. The van der Waals surface area contributed by atoms with Crippen LogP contribution < -0.4 is 5.32 Å². The third kappa shape index (κ3) is 2.97. The van der Waals surface area contributed by atoms with E-state index in [1.165, 1.54) is 18.3 Å². The maximum absolute atomic E-state index is 11.0. The van der Waals surface area contributed by atoms with Crippen molar-refractivity contribution in [3.8, 4) is 11.1 Å². The maximum atomic E-state index is 11.0. The molecular weight excluding hydrogens is 246 g/mol. The first kappa shape index (κ1) is 12.8. The molecule has 1 heterocycles. The predicted molar refractivity (Wildman–Crippen MR) is 74.8 cm³/mol. The fourth-order valence-corrected chi connectivity index (χ4v) is 2.65. The number of ether oxygens (including phenoxy) is 1. The van der Waals surface area contributed by atoms with E-state index in [-0.39, 0.29) is 5.91 Å². The van der Waals surface area contributed by atoms with Gasteiger partial charge in [0, 0.05) is 19.4 Å². The molecule has 0 bridgehead atoms. The van der Waals surface area contributed by atoms with Gasteiger partial charge in [0.15, 0.2) is 0 Å². The Kier molecular flexibility index (Phi) is 4.12. The number of hydrogen-bond acceptors (Lipinski definition) is 3. The van der Waals surface area contributed by atoms with Gasteiger partial charge in [-0.05, 0) is 22.8 Å². The van der Waals surface area contributed by atoms with Crippen LogP contribution in [0.25, 0.3) is 11.1 Å². The summed E-state index contributed by atoms with van der Waals surface area (Å²) < 4.78 is 5.20. The molecule has 1 aromatic heterocycles. The van der Waals surface area contributed by atoms with Gasteiger partial charge in [-0.3, -0.25) is 4.79 Å². The van der Waals surface area contributed by atoms with Gasteiger partial charge in [-0.2, -0.15) is 0 Å². The molecule has 0 unspecified atom stereocenters. The fourth-order valence-electron chi connectivity index (χ4n) is 1.80. The molecule has 0 spiro atoms. The second kappa shape index (κ2) is 5.80. The molecule has 1 aromatic carbocycles. The van der Waals surface area contributed by atoms with Crippen LogP contribution in [0.15, 0.2) is 35.7 Å². The number of benzene rings is 1. The Bertz CT molecular complexity index is 548. The Morgan fingerprint density at radius 2 is 2.17 bits per heavy atom. The lowest BCUT2D eigenvalue weighted by Crippen LogP contribution is -2.03. The van der Waals surface area contributed by atoms with E-state index in [0.717, 1.165) is 21.7 Å². The number of hydrogen-bond donors (Lipinski definition) is 1. The van der Waals surface area contributed by atoms with Gasteiger partial charge in [0.05, 0.1) is 11.6 Å². The summed E-state index contributed by atoms with van der Waals surface area (Å²) in [5.74, 6) is -0.0476. The number of rotatable bonds is 4. The zero-order valence-electron chi connectivity index (χ0n) is 10.4. The molecule has 0 aliphatic rings. The average molecular weight is 261 g/mol. The summed E-state index contributed by atoms with van der Waals surface area (Å²) in [5, 5.41) is 5.70. The summed E-state index contributed by atoms with van der Waals surface area (Å²) in [4.78, 5) is 11.0. The summed E-state index contributed by atoms with van der Waals surface area (Å²) in [6.07, 6.45) is 0. The Labute approximate surface area is 110 Å². The van der Waals surface area contributed by atoms with Gasteiger partial charge in [-0.25, -0.2) is 0 Å². The van der Waals surface area contributed by atoms with Gasteiger partial charge in [0.1, 0.15) is 0 Å². The molecule has 2 rings (SSSR count). The fraction of sp³-hybridized carbons (Fsp3) is 0.214. The molecule has 3 nitrogen and oxygen atoms in total. The molecule has 0 saturated heterocycles. The van der Waals surface area contributed by atoms with Crippen LogP contribution in [0.4, 0.5) is 5.00 Å². The lowest BCUT2D eigenvalue weighted by Gasteiger charge is -2.06. The number of anilines is 1. The normalized spacial score (nSPS) is 10.3. The molecule has 0 aliphatic heterocycles. The van der Waals surface area contributed by atoms with Crippen molar-refractivity contribution in [2.45, 2.75) is 13.5 Å². The van der Waals surface area contributed by atoms with E-state index < -0.39 is 0 Å². The molecule has 4 heteroatoms. The zero-order chi connectivity index (χ0) is 13.0. The molecule has 0 atom stereocenters. The van der Waals surface area contributed by atoms with Crippen molar-refractivity contribution in [3.05, 3.63) is 41.3 Å². The van der Waals surface area contributed by atoms with Crippen molar-refractivity contribution in [2.24, 2.45) is 0 Å². The number of nitrogens with one attached hydrogen (secondary N) is 1. The van der Waals surface area contributed by atoms with Crippen LogP contribution in [0.1, 0.15) is 12.5 Å². The van der Waals surface area contributed by atoms with Crippen molar-refractivity contribution in [1.29, 1.82) is 0 Å². The first-order valence-electron chi connectivity index (χ1n) is 5.64. The molecular formula is C14H15NO2S. The molecule has 0 fully saturated rings. The zero-order valence-corrected chi connectivity index (χ0v) is 11.2. The number of methoxy groups -OCH3 is 1. The quantitative estimate of drug-likeness (QED) is 0.914. The van der Waals surface area contributed by atoms with Crippen molar-refractivity contribution in [3.63, 3.8) is 0 Å². The third-order valence-corrected chi connectivity index (χ3v) is 3.37. The summed E-state index contributed by atoms with van der Waals surface area (Å²) in [5.41, 5.74) is 3.40. The van der Waals surface area contributed by atoms with E-state index in [1.54, 1.807) is 7.11 Å². The van der Waals surface area contributed by atoms with E-state index in [2.05, 4.69) is 17.4 Å². The largest absolute Gasteiger partial charge is 0.380 e. The van der Waals surface area contributed by atoms with Gasteiger partial charge < -0.3 is 10.1 Å². The van der Waals surface area contributed by atoms with Crippen molar-refractivity contribution >= 4 is 22.2 Å². The van der Waals surface area contributed by atoms with E-state index in [1.807, 2.05) is 23.6 Å². The van der Waals surface area contributed by atoms with E-state index in [9.17, 15) is 4.79 Å². The van der Waals surface area contributed by atoms with Crippen LogP contribution in [0.2, 0.25) is 0 Å². The number of thiophene rings is 1. The summed E-state index contributed by atoms with van der Waals surface area (Å²) >= 11 is 1.53. The molecule has 0 radical (unpaired) electrons. The summed E-state index contributed by atoms with van der Waals surface area (Å²) in [7, 11) is 1.69. The van der Waals surface area contributed by atoms with Gasteiger partial charge in [0.2, 0.25) is 5.91 Å². The first-order chi connectivity index (χ1) is 8.70. The number of carbonyl (C=O) groups excluding carboxylic acids is 1. The first-order valence-corrected chi connectivity index (χ1v) is 6.52. The van der Waals surface area contributed by atoms with Crippen LogP contribution in [-0.2, 0) is 16.1 Å². The number of carbonyl (C=O) groups is 1. The SMILES string of the molecule is COCc1ccccc1-c1csc(NC(C)=O)c1. The van der Waals surface area contributed by atoms with E-state index >= 15 is 0 Å². The molecule has 1 amide bonds. The molecule has 18 heavy (non-hydrogen) atoms. The summed E-state index contributed by atoms with van der Waals surface area (Å²) in [6, 6.07) is 10.1. The highest BCUT2D eigenvalue weighted by Gasteiger charge is 2.07. The van der Waals surface area contributed by atoms with Crippen molar-refractivity contribution < 1.29 is 9.53 Å². The van der Waals surface area contributed by atoms with Crippen LogP contribution >= 0.6 is 11.3 Å². The van der Waals surface area contributed by atoms with Crippen LogP contribution in [0, 0.1) is 0 Å². The monoisotopic (exact) mass is 261 g/mol. The lowest BCUT2D eigenvalue weighted by atomic mass is 10.0. The molecule has 94 valence electrons. The topological polar surface area (TPSA) is 38.3 Å². The average Bonchev–Trinajstić information content (AvgIpc) is 2.77. The molecule has 1 N–H and O–H groups in total. The van der Waals surface area contributed by atoms with Crippen molar-refractivity contribution in [1.82, 2.24) is 0 Å². The van der Waals surface area contributed by atoms with Gasteiger partial charge in [-0.1, -0.05) is 24.3 Å². The van der Waals surface area contributed by atoms with E-state index in [4.69, 9.17) is 4.74 Å². The molecule has 0 saturated carbocycles. The van der Waals surface area contributed by atoms with Crippen molar-refractivity contribution in [2.75, 3.05) is 12.4 Å². The van der Waals surface area contributed by atoms with Gasteiger partial charge in [-0.15, -0.1) is 11.3 Å². The third-order valence-electron chi connectivity index (χ3n) is 2.53. The smallest absolute Gasteiger partial charge is 0.221 e. The maximum Gasteiger partial charge on any atom is 0.221 e. The second-order valence-electron chi connectivity index (χ2n) is 3.97.